The van der Waals surface area contributed by atoms with E-state index in [1.807, 2.05) is 44.7 Å². The molecule has 0 aliphatic heterocycles. The molecule has 228 valence electrons. The van der Waals surface area contributed by atoms with Crippen LogP contribution in [0.1, 0.15) is 35.3 Å². The van der Waals surface area contributed by atoms with E-state index < -0.39 is 17.6 Å². The summed E-state index contributed by atoms with van der Waals surface area (Å²) >= 11 is 0. The summed E-state index contributed by atoms with van der Waals surface area (Å²) in [5, 5.41) is 5.90. The molecule has 0 atom stereocenters. The van der Waals surface area contributed by atoms with Crippen LogP contribution in [0.3, 0.4) is 0 Å². The van der Waals surface area contributed by atoms with Crippen molar-refractivity contribution in [1.82, 2.24) is 24.8 Å². The van der Waals surface area contributed by atoms with Gasteiger partial charge in [0.15, 0.2) is 5.82 Å². The third-order valence-corrected chi connectivity index (χ3v) is 6.99. The average molecular weight is 596 g/mol. The van der Waals surface area contributed by atoms with Crippen molar-refractivity contribution in [2.24, 2.45) is 0 Å². The van der Waals surface area contributed by atoms with Gasteiger partial charge in [-0.25, -0.2) is 19.9 Å². The number of fused-ring (bicyclic) bond motifs is 1. The van der Waals surface area contributed by atoms with Crippen molar-refractivity contribution in [1.29, 1.82) is 0 Å². The number of benzene rings is 2. The van der Waals surface area contributed by atoms with E-state index in [0.717, 1.165) is 30.8 Å². The zero-order valence-electron chi connectivity index (χ0n) is 25.1. The smallest absolute Gasteiger partial charge is 0.373 e. The molecule has 2 N–H and O–H groups in total. The molecule has 4 aromatic rings. The quantitative estimate of drug-likeness (QED) is 0.230. The Labute approximate surface area is 249 Å². The SMILES string of the molecule is CCN(CC)c1ncc2ncnc(Nc3cc(C(=O)Nc4cc(N(C)CCN(C)C)cc(C(F)(F)F)c4)ccc3C)c2n1. The maximum Gasteiger partial charge on any atom is 0.416 e. The zero-order valence-corrected chi connectivity index (χ0v) is 25.1. The van der Waals surface area contributed by atoms with E-state index in [4.69, 9.17) is 0 Å². The Hall–Kier alpha value is -4.52. The lowest BCUT2D eigenvalue weighted by Crippen LogP contribution is -2.28. The fourth-order valence-electron chi connectivity index (χ4n) is 4.37. The van der Waals surface area contributed by atoms with E-state index in [0.29, 0.717) is 47.3 Å². The maximum absolute atomic E-state index is 13.7. The largest absolute Gasteiger partial charge is 0.416 e. The van der Waals surface area contributed by atoms with Crippen LogP contribution in [0.25, 0.3) is 11.0 Å². The van der Waals surface area contributed by atoms with E-state index in [9.17, 15) is 18.0 Å². The van der Waals surface area contributed by atoms with E-state index in [-0.39, 0.29) is 11.3 Å². The Kier molecular flexibility index (Phi) is 9.64. The van der Waals surface area contributed by atoms with E-state index in [1.165, 1.54) is 12.4 Å². The number of alkyl halides is 3. The monoisotopic (exact) mass is 595 g/mol. The highest BCUT2D eigenvalue weighted by Gasteiger charge is 2.32. The van der Waals surface area contributed by atoms with Crippen molar-refractivity contribution >= 4 is 45.8 Å². The van der Waals surface area contributed by atoms with Crippen LogP contribution in [0.4, 0.5) is 42.0 Å². The highest BCUT2D eigenvalue weighted by atomic mass is 19.4. The molecule has 0 fully saturated rings. The topological polar surface area (TPSA) is 102 Å². The summed E-state index contributed by atoms with van der Waals surface area (Å²) in [7, 11) is 5.50. The molecule has 0 saturated carbocycles. The van der Waals surface area contributed by atoms with Gasteiger partial charge in [-0.2, -0.15) is 13.2 Å². The van der Waals surface area contributed by atoms with Gasteiger partial charge in [-0.1, -0.05) is 6.07 Å². The molecular weight excluding hydrogens is 559 g/mol. The Morgan fingerprint density at radius 3 is 2.37 bits per heavy atom. The van der Waals surface area contributed by atoms with E-state index >= 15 is 0 Å². The van der Waals surface area contributed by atoms with Gasteiger partial charge in [-0.05, 0) is 70.8 Å². The van der Waals surface area contributed by atoms with Crippen molar-refractivity contribution < 1.29 is 18.0 Å². The Balaban J connectivity index is 1.62. The summed E-state index contributed by atoms with van der Waals surface area (Å²) in [5.41, 5.74) is 2.28. The summed E-state index contributed by atoms with van der Waals surface area (Å²) in [6.45, 7) is 8.52. The van der Waals surface area contributed by atoms with Crippen molar-refractivity contribution in [3.05, 3.63) is 65.6 Å². The van der Waals surface area contributed by atoms with Gasteiger partial charge in [0.1, 0.15) is 17.4 Å². The number of nitrogens with zero attached hydrogens (tertiary/aromatic N) is 7. The molecule has 0 bridgehead atoms. The van der Waals surface area contributed by atoms with Gasteiger partial charge in [0.2, 0.25) is 5.95 Å². The summed E-state index contributed by atoms with van der Waals surface area (Å²) in [6.07, 6.45) is -1.54. The molecule has 4 rings (SSSR count). The second kappa shape index (κ2) is 13.2. The summed E-state index contributed by atoms with van der Waals surface area (Å²) in [4.78, 5) is 36.7. The maximum atomic E-state index is 13.7. The van der Waals surface area contributed by atoms with Gasteiger partial charge in [0.05, 0.1) is 11.8 Å². The number of halogens is 3. The molecule has 2 heterocycles. The number of hydrogen-bond donors (Lipinski definition) is 2. The second-order valence-corrected chi connectivity index (χ2v) is 10.4. The number of carbonyl (C=O) groups excluding carboxylic acids is 1. The summed E-state index contributed by atoms with van der Waals surface area (Å²) in [6, 6.07) is 8.56. The van der Waals surface area contributed by atoms with Crippen LogP contribution >= 0.6 is 0 Å². The second-order valence-electron chi connectivity index (χ2n) is 10.4. The summed E-state index contributed by atoms with van der Waals surface area (Å²) in [5.74, 6) is 0.431. The fraction of sp³-hybridized carbons (Fsp3) is 0.367. The molecule has 43 heavy (non-hydrogen) atoms. The van der Waals surface area contributed by atoms with Crippen molar-refractivity contribution in [3.63, 3.8) is 0 Å². The first-order chi connectivity index (χ1) is 20.4. The molecule has 2 aromatic carbocycles. The summed E-state index contributed by atoms with van der Waals surface area (Å²) < 4.78 is 41.2. The van der Waals surface area contributed by atoms with Crippen LogP contribution in [0.15, 0.2) is 48.9 Å². The van der Waals surface area contributed by atoms with Crippen molar-refractivity contribution in [2.45, 2.75) is 26.9 Å². The van der Waals surface area contributed by atoms with Gasteiger partial charge in [0, 0.05) is 55.9 Å². The number of aryl methyl sites for hydroxylation is 1. The minimum absolute atomic E-state index is 0.0454. The fourth-order valence-corrected chi connectivity index (χ4v) is 4.37. The zero-order chi connectivity index (χ0) is 31.3. The van der Waals surface area contributed by atoms with E-state index in [2.05, 4.69) is 30.6 Å². The third kappa shape index (κ3) is 7.66. The van der Waals surface area contributed by atoms with Gasteiger partial charge in [0.25, 0.3) is 5.91 Å². The lowest BCUT2D eigenvalue weighted by molar-refractivity contribution is -0.137. The highest BCUT2D eigenvalue weighted by Crippen LogP contribution is 2.35. The Morgan fingerprint density at radius 2 is 1.70 bits per heavy atom. The van der Waals surface area contributed by atoms with Gasteiger partial charge in [-0.15, -0.1) is 0 Å². The predicted octanol–water partition coefficient (Wildman–Crippen LogP) is 5.59. The normalized spacial score (nSPS) is 11.6. The van der Waals surface area contributed by atoms with Crippen LogP contribution < -0.4 is 20.4 Å². The van der Waals surface area contributed by atoms with Crippen LogP contribution in [-0.2, 0) is 6.18 Å². The number of carbonyl (C=O) groups is 1. The third-order valence-electron chi connectivity index (χ3n) is 6.99. The molecule has 10 nitrogen and oxygen atoms in total. The molecule has 0 aliphatic carbocycles. The number of rotatable bonds is 11. The van der Waals surface area contributed by atoms with Crippen LogP contribution in [0, 0.1) is 6.92 Å². The first-order valence-electron chi connectivity index (χ1n) is 13.9. The average Bonchev–Trinajstić information content (AvgIpc) is 2.97. The minimum Gasteiger partial charge on any atom is -0.373 e. The first kappa shape index (κ1) is 31.4. The van der Waals surface area contributed by atoms with Gasteiger partial charge < -0.3 is 25.3 Å². The van der Waals surface area contributed by atoms with Crippen LogP contribution in [0.2, 0.25) is 0 Å². The molecule has 0 spiro atoms. The van der Waals surface area contributed by atoms with E-state index in [1.54, 1.807) is 36.3 Å². The van der Waals surface area contributed by atoms with Crippen molar-refractivity contribution in [3.8, 4) is 0 Å². The molecule has 0 aliphatic rings. The molecule has 0 unspecified atom stereocenters. The number of hydrogen-bond acceptors (Lipinski definition) is 9. The van der Waals surface area contributed by atoms with Gasteiger partial charge in [-0.3, -0.25) is 4.79 Å². The molecule has 2 aromatic heterocycles. The number of nitrogens with one attached hydrogen (secondary N) is 2. The Morgan fingerprint density at radius 1 is 0.953 bits per heavy atom. The van der Waals surface area contributed by atoms with Crippen molar-refractivity contribution in [2.75, 3.05) is 67.8 Å². The number of likely N-dealkylation sites (N-methyl/N-ethyl adjacent to an activating group) is 2. The standard InChI is InChI=1S/C30H36F3N9O/c1-7-42(8-2)29-34-17-25-26(39-29)27(36-18-35-25)38-24-13-20(10-9-19(24)3)28(43)37-22-14-21(30(31,32)33)15-23(16-22)41(6)12-11-40(4)5/h9-10,13-18H,7-8,11-12H2,1-6H3,(H,37,43)(H,35,36,38). The lowest BCUT2D eigenvalue weighted by atomic mass is 10.1. The molecule has 0 saturated heterocycles. The van der Waals surface area contributed by atoms with Crippen LogP contribution in [0.5, 0.6) is 0 Å². The first-order valence-corrected chi connectivity index (χ1v) is 13.9. The molecule has 13 heteroatoms. The number of anilines is 5. The Bertz CT molecular complexity index is 1590. The minimum atomic E-state index is -4.58. The predicted molar refractivity (Wildman–Crippen MR) is 164 cm³/mol. The number of aromatic nitrogens is 4. The molecule has 1 amide bonds. The highest BCUT2D eigenvalue weighted by molar-refractivity contribution is 6.05. The lowest BCUT2D eigenvalue weighted by Gasteiger charge is -2.23. The molecule has 0 radical (unpaired) electrons. The number of amides is 1. The van der Waals surface area contributed by atoms with Crippen LogP contribution in [-0.4, -0.2) is 78.1 Å². The van der Waals surface area contributed by atoms with Gasteiger partial charge >= 0.3 is 6.18 Å². The molecular formula is C30H36F3N9O.